The van der Waals surface area contributed by atoms with Crippen molar-refractivity contribution in [3.05, 3.63) is 16.7 Å². The Morgan fingerprint density at radius 3 is 2.93 bits per heavy atom. The third-order valence-electron chi connectivity index (χ3n) is 2.07. The highest BCUT2D eigenvalue weighted by atomic mass is 35.5. The molecule has 82 valence electrons. The Hall–Kier alpha value is -1.17. The lowest BCUT2D eigenvalue weighted by molar-refractivity contribution is 0.115. The Labute approximate surface area is 91.3 Å². The fourth-order valence-electron chi connectivity index (χ4n) is 1.43. The molecule has 0 amide bonds. The van der Waals surface area contributed by atoms with Crippen LogP contribution in [0.15, 0.2) is 6.07 Å². The average Bonchev–Trinajstić information content (AvgIpc) is 2.25. The van der Waals surface area contributed by atoms with Gasteiger partial charge in [0, 0.05) is 11.6 Å². The molecule has 0 atom stereocenters. The number of aromatic hydroxyl groups is 1. The van der Waals surface area contributed by atoms with Crippen LogP contribution in [0.1, 0.15) is 5.56 Å². The van der Waals surface area contributed by atoms with Crippen LogP contribution in [0.2, 0.25) is 5.02 Å². The van der Waals surface area contributed by atoms with Crippen LogP contribution in [0.3, 0.4) is 0 Å². The summed E-state index contributed by atoms with van der Waals surface area (Å²) in [5.41, 5.74) is 0.494. The predicted octanol–water partition coefficient (Wildman–Crippen LogP) is 1.21. The molecule has 2 rings (SSSR count). The van der Waals surface area contributed by atoms with Crippen LogP contribution >= 0.6 is 11.6 Å². The summed E-state index contributed by atoms with van der Waals surface area (Å²) < 4.78 is 10.7. The molecule has 5 nitrogen and oxygen atoms in total. The highest BCUT2D eigenvalue weighted by Gasteiger charge is 2.21. The van der Waals surface area contributed by atoms with Crippen LogP contribution in [0, 0.1) is 0 Å². The Bertz CT molecular complexity index is 383. The number of rotatable bonds is 2. The van der Waals surface area contributed by atoms with E-state index in [1.165, 1.54) is 6.07 Å². The van der Waals surface area contributed by atoms with Crippen molar-refractivity contribution >= 4 is 11.6 Å². The molecular formula is C9H10ClNO4. The summed E-state index contributed by atoms with van der Waals surface area (Å²) in [6.45, 7) is 0.932. The molecule has 0 unspecified atom stereocenters. The molecule has 1 aromatic rings. The van der Waals surface area contributed by atoms with Crippen molar-refractivity contribution in [1.82, 2.24) is 0 Å². The molecule has 0 saturated heterocycles. The third-order valence-corrected chi connectivity index (χ3v) is 2.49. The van der Waals surface area contributed by atoms with Crippen LogP contribution in [-0.4, -0.2) is 18.3 Å². The van der Waals surface area contributed by atoms with Gasteiger partial charge in [-0.2, -0.15) is 0 Å². The zero-order valence-electron chi connectivity index (χ0n) is 7.83. The van der Waals surface area contributed by atoms with Gasteiger partial charge in [-0.1, -0.05) is 11.6 Å². The van der Waals surface area contributed by atoms with E-state index < -0.39 is 0 Å². The Kier molecular flexibility index (Phi) is 2.86. The van der Waals surface area contributed by atoms with Gasteiger partial charge >= 0.3 is 0 Å². The van der Waals surface area contributed by atoms with Crippen LogP contribution < -0.4 is 15.4 Å². The zero-order chi connectivity index (χ0) is 10.8. The molecule has 1 aliphatic rings. The van der Waals surface area contributed by atoms with E-state index >= 15 is 0 Å². The van der Waals surface area contributed by atoms with Crippen molar-refractivity contribution in [3.63, 3.8) is 0 Å². The summed E-state index contributed by atoms with van der Waals surface area (Å²) in [5.74, 6) is 5.83. The second-order valence-electron chi connectivity index (χ2n) is 3.02. The second-order valence-corrected chi connectivity index (χ2v) is 3.40. The SMILES string of the molecule is NOCc1c(Cl)c(O)cc2c1OCCO2. The number of phenols is 1. The number of fused-ring (bicyclic) bond motifs is 1. The molecule has 0 saturated carbocycles. The number of hydrogen-bond acceptors (Lipinski definition) is 5. The molecule has 15 heavy (non-hydrogen) atoms. The maximum absolute atomic E-state index is 9.52. The van der Waals surface area contributed by atoms with Gasteiger partial charge in [0.25, 0.3) is 0 Å². The number of ether oxygens (including phenoxy) is 2. The normalized spacial score (nSPS) is 14.0. The maximum atomic E-state index is 9.52. The van der Waals surface area contributed by atoms with Gasteiger partial charge in [-0.05, 0) is 0 Å². The quantitative estimate of drug-likeness (QED) is 0.749. The van der Waals surface area contributed by atoms with Crippen molar-refractivity contribution in [2.24, 2.45) is 5.90 Å². The van der Waals surface area contributed by atoms with Gasteiger partial charge < -0.3 is 14.6 Å². The molecule has 0 fully saturated rings. The first kappa shape index (κ1) is 10.4. The van der Waals surface area contributed by atoms with Crippen molar-refractivity contribution in [3.8, 4) is 17.2 Å². The van der Waals surface area contributed by atoms with Crippen LogP contribution in [0.25, 0.3) is 0 Å². The van der Waals surface area contributed by atoms with E-state index in [0.29, 0.717) is 30.3 Å². The number of halogens is 1. The topological polar surface area (TPSA) is 73.9 Å². The van der Waals surface area contributed by atoms with Gasteiger partial charge in [0.05, 0.1) is 11.6 Å². The van der Waals surface area contributed by atoms with Crippen molar-refractivity contribution in [1.29, 1.82) is 0 Å². The minimum absolute atomic E-state index is 0.0545. The van der Waals surface area contributed by atoms with E-state index in [-0.39, 0.29) is 17.4 Å². The predicted molar refractivity (Wildman–Crippen MR) is 53.1 cm³/mol. The zero-order valence-corrected chi connectivity index (χ0v) is 8.58. The molecule has 3 N–H and O–H groups in total. The number of hydrogen-bond donors (Lipinski definition) is 2. The minimum Gasteiger partial charge on any atom is -0.506 e. The van der Waals surface area contributed by atoms with Crippen molar-refractivity contribution < 1.29 is 19.4 Å². The minimum atomic E-state index is -0.0760. The van der Waals surface area contributed by atoms with Crippen LogP contribution in [-0.2, 0) is 11.4 Å². The molecule has 1 heterocycles. The fraction of sp³-hybridized carbons (Fsp3) is 0.333. The van der Waals surface area contributed by atoms with Gasteiger partial charge in [-0.25, -0.2) is 5.90 Å². The van der Waals surface area contributed by atoms with E-state index in [0.717, 1.165) is 0 Å². The summed E-state index contributed by atoms with van der Waals surface area (Å²) in [5, 5.41) is 9.69. The van der Waals surface area contributed by atoms with Gasteiger partial charge in [-0.15, -0.1) is 0 Å². The first-order valence-corrected chi connectivity index (χ1v) is 4.73. The summed E-state index contributed by atoms with van der Waals surface area (Å²) >= 11 is 5.89. The summed E-state index contributed by atoms with van der Waals surface area (Å²) in [6, 6.07) is 1.41. The smallest absolute Gasteiger partial charge is 0.168 e. The first-order chi connectivity index (χ1) is 7.24. The molecule has 0 radical (unpaired) electrons. The molecule has 0 aliphatic carbocycles. The molecule has 6 heteroatoms. The van der Waals surface area contributed by atoms with E-state index in [1.807, 2.05) is 0 Å². The van der Waals surface area contributed by atoms with E-state index in [9.17, 15) is 5.11 Å². The maximum Gasteiger partial charge on any atom is 0.168 e. The summed E-state index contributed by atoms with van der Waals surface area (Å²) in [4.78, 5) is 4.50. The molecule has 0 aromatic heterocycles. The summed E-state index contributed by atoms with van der Waals surface area (Å²) in [6.07, 6.45) is 0. The van der Waals surface area contributed by atoms with Crippen LogP contribution in [0.4, 0.5) is 0 Å². The molecule has 0 spiro atoms. The van der Waals surface area contributed by atoms with Gasteiger partial charge in [-0.3, -0.25) is 4.84 Å². The Morgan fingerprint density at radius 1 is 1.47 bits per heavy atom. The van der Waals surface area contributed by atoms with E-state index in [1.54, 1.807) is 0 Å². The van der Waals surface area contributed by atoms with E-state index in [4.69, 9.17) is 27.0 Å². The Morgan fingerprint density at radius 2 is 2.20 bits per heavy atom. The molecular weight excluding hydrogens is 222 g/mol. The summed E-state index contributed by atoms with van der Waals surface area (Å²) in [7, 11) is 0. The third kappa shape index (κ3) is 1.81. The molecule has 0 bridgehead atoms. The number of phenolic OH excluding ortho intramolecular Hbond substituents is 1. The Balaban J connectivity index is 2.52. The lowest BCUT2D eigenvalue weighted by Gasteiger charge is -2.22. The first-order valence-electron chi connectivity index (χ1n) is 4.35. The van der Waals surface area contributed by atoms with E-state index in [2.05, 4.69) is 4.84 Å². The van der Waals surface area contributed by atoms with Gasteiger partial charge in [0.2, 0.25) is 0 Å². The lowest BCUT2D eigenvalue weighted by Crippen LogP contribution is -2.17. The molecule has 1 aromatic carbocycles. The highest BCUT2D eigenvalue weighted by Crippen LogP contribution is 2.43. The van der Waals surface area contributed by atoms with Gasteiger partial charge in [0.1, 0.15) is 19.0 Å². The number of benzene rings is 1. The standard InChI is InChI=1S/C9H10ClNO4/c10-8-5(4-15-11)9-7(3-6(8)12)13-1-2-14-9/h3,12H,1-2,4,11H2. The largest absolute Gasteiger partial charge is 0.506 e. The molecule has 1 aliphatic heterocycles. The van der Waals surface area contributed by atoms with Crippen molar-refractivity contribution in [2.75, 3.05) is 13.2 Å². The second kappa shape index (κ2) is 4.14. The lowest BCUT2D eigenvalue weighted by atomic mass is 10.1. The number of nitrogens with two attached hydrogens (primary N) is 1. The highest BCUT2D eigenvalue weighted by molar-refractivity contribution is 6.33. The fourth-order valence-corrected chi connectivity index (χ4v) is 1.62. The van der Waals surface area contributed by atoms with Gasteiger partial charge in [0.15, 0.2) is 11.5 Å². The average molecular weight is 232 g/mol. The van der Waals surface area contributed by atoms with Crippen molar-refractivity contribution in [2.45, 2.75) is 6.61 Å². The van der Waals surface area contributed by atoms with Crippen LogP contribution in [0.5, 0.6) is 17.2 Å². The monoisotopic (exact) mass is 231 g/mol.